The van der Waals surface area contributed by atoms with Gasteiger partial charge in [-0.25, -0.2) is 13.6 Å². The average molecular weight is 285 g/mol. The number of aliphatic hydroxyl groups is 1. The minimum absolute atomic E-state index is 0.0403. The maximum absolute atomic E-state index is 11.3. The molecule has 0 bridgehead atoms. The first-order chi connectivity index (χ1) is 8.91. The van der Waals surface area contributed by atoms with Crippen LogP contribution in [0.1, 0.15) is 12.8 Å². The molecule has 0 spiro atoms. The molecule has 19 heavy (non-hydrogen) atoms. The van der Waals surface area contributed by atoms with Gasteiger partial charge in [-0.2, -0.15) is 0 Å². The average Bonchev–Trinajstić information content (AvgIpc) is 2.37. The SMILES string of the molecule is Nc1cc(N2CCC(CO)CC2)ccc1S(N)(=O)=O. The van der Waals surface area contributed by atoms with E-state index in [9.17, 15) is 8.42 Å². The van der Waals surface area contributed by atoms with Crippen LogP contribution in [-0.4, -0.2) is 33.2 Å². The molecule has 0 aliphatic carbocycles. The van der Waals surface area contributed by atoms with Crippen LogP contribution in [0.2, 0.25) is 0 Å². The number of anilines is 2. The minimum Gasteiger partial charge on any atom is -0.398 e. The van der Waals surface area contributed by atoms with Crippen molar-refractivity contribution < 1.29 is 13.5 Å². The van der Waals surface area contributed by atoms with Gasteiger partial charge in [-0.15, -0.1) is 0 Å². The summed E-state index contributed by atoms with van der Waals surface area (Å²) in [4.78, 5) is 2.09. The molecule has 1 aliphatic heterocycles. The number of nitrogen functional groups attached to an aromatic ring is 1. The second kappa shape index (κ2) is 5.36. The zero-order valence-electron chi connectivity index (χ0n) is 10.6. The minimum atomic E-state index is -3.77. The number of hydrogen-bond acceptors (Lipinski definition) is 5. The Labute approximate surface area is 113 Å². The van der Waals surface area contributed by atoms with Crippen molar-refractivity contribution in [1.29, 1.82) is 0 Å². The molecule has 0 atom stereocenters. The van der Waals surface area contributed by atoms with E-state index in [4.69, 9.17) is 16.0 Å². The first-order valence-electron chi connectivity index (χ1n) is 6.20. The lowest BCUT2D eigenvalue weighted by atomic mass is 9.97. The fourth-order valence-electron chi connectivity index (χ4n) is 2.37. The fraction of sp³-hybridized carbons (Fsp3) is 0.500. The smallest absolute Gasteiger partial charge is 0.240 e. The van der Waals surface area contributed by atoms with E-state index < -0.39 is 10.0 Å². The Morgan fingerprint density at radius 2 is 1.95 bits per heavy atom. The first kappa shape index (κ1) is 14.1. The molecule has 1 fully saturated rings. The van der Waals surface area contributed by atoms with Gasteiger partial charge >= 0.3 is 0 Å². The van der Waals surface area contributed by atoms with Crippen LogP contribution in [0.3, 0.4) is 0 Å². The van der Waals surface area contributed by atoms with Crippen LogP contribution in [0.5, 0.6) is 0 Å². The largest absolute Gasteiger partial charge is 0.398 e. The number of rotatable bonds is 3. The lowest BCUT2D eigenvalue weighted by Gasteiger charge is -2.33. The number of aliphatic hydroxyl groups excluding tert-OH is 1. The number of sulfonamides is 1. The molecule has 7 heteroatoms. The summed E-state index contributed by atoms with van der Waals surface area (Å²) < 4.78 is 22.6. The van der Waals surface area contributed by atoms with E-state index in [0.29, 0.717) is 5.92 Å². The second-order valence-electron chi connectivity index (χ2n) is 4.88. The third kappa shape index (κ3) is 3.17. The van der Waals surface area contributed by atoms with Gasteiger partial charge in [0.15, 0.2) is 0 Å². The molecule has 1 aliphatic rings. The molecule has 0 aromatic heterocycles. The summed E-state index contributed by atoms with van der Waals surface area (Å²) in [5.41, 5.74) is 6.80. The standard InChI is InChI=1S/C12H19N3O3S/c13-11-7-10(1-2-12(11)19(14,17)18)15-5-3-9(8-16)4-6-15/h1-2,7,9,16H,3-6,8,13H2,(H2,14,17,18). The van der Waals surface area contributed by atoms with Crippen molar-refractivity contribution in [3.8, 4) is 0 Å². The van der Waals surface area contributed by atoms with Crippen LogP contribution < -0.4 is 15.8 Å². The molecular weight excluding hydrogens is 266 g/mol. The summed E-state index contributed by atoms with van der Waals surface area (Å²) in [6.07, 6.45) is 1.85. The van der Waals surface area contributed by atoms with Gasteiger partial charge in [-0.05, 0) is 37.0 Å². The molecule has 1 aromatic rings. The van der Waals surface area contributed by atoms with Gasteiger partial charge in [0.05, 0.1) is 5.69 Å². The van der Waals surface area contributed by atoms with E-state index >= 15 is 0 Å². The van der Waals surface area contributed by atoms with Crippen molar-refractivity contribution >= 4 is 21.4 Å². The normalized spacial score (nSPS) is 17.7. The topological polar surface area (TPSA) is 110 Å². The van der Waals surface area contributed by atoms with Gasteiger partial charge in [0.1, 0.15) is 4.90 Å². The third-order valence-corrected chi connectivity index (χ3v) is 4.52. The van der Waals surface area contributed by atoms with Crippen LogP contribution in [0.4, 0.5) is 11.4 Å². The molecule has 2 rings (SSSR count). The predicted molar refractivity (Wildman–Crippen MR) is 74.3 cm³/mol. The lowest BCUT2D eigenvalue weighted by molar-refractivity contribution is 0.203. The summed E-state index contributed by atoms with van der Waals surface area (Å²) in [6, 6.07) is 4.80. The van der Waals surface area contributed by atoms with E-state index in [0.717, 1.165) is 31.6 Å². The number of nitrogens with zero attached hydrogens (tertiary/aromatic N) is 1. The quantitative estimate of drug-likeness (QED) is 0.684. The number of nitrogens with two attached hydrogens (primary N) is 2. The zero-order valence-corrected chi connectivity index (χ0v) is 11.4. The van der Waals surface area contributed by atoms with E-state index in [1.54, 1.807) is 12.1 Å². The summed E-state index contributed by atoms with van der Waals surface area (Å²) >= 11 is 0. The highest BCUT2D eigenvalue weighted by Crippen LogP contribution is 2.27. The van der Waals surface area contributed by atoms with Crippen molar-refractivity contribution in [2.45, 2.75) is 17.7 Å². The molecular formula is C12H19N3O3S. The van der Waals surface area contributed by atoms with E-state index in [1.165, 1.54) is 6.07 Å². The van der Waals surface area contributed by atoms with Crippen LogP contribution in [0.15, 0.2) is 23.1 Å². The van der Waals surface area contributed by atoms with Crippen LogP contribution in [-0.2, 0) is 10.0 Å². The Kier molecular flexibility index (Phi) is 3.98. The number of benzene rings is 1. The second-order valence-corrected chi connectivity index (χ2v) is 6.41. The molecule has 0 radical (unpaired) electrons. The van der Waals surface area contributed by atoms with Crippen LogP contribution >= 0.6 is 0 Å². The monoisotopic (exact) mass is 285 g/mol. The molecule has 0 unspecified atom stereocenters. The maximum Gasteiger partial charge on any atom is 0.240 e. The van der Waals surface area contributed by atoms with E-state index in [-0.39, 0.29) is 17.2 Å². The van der Waals surface area contributed by atoms with Crippen molar-refractivity contribution in [2.75, 3.05) is 30.3 Å². The Balaban J connectivity index is 2.17. The highest BCUT2D eigenvalue weighted by Gasteiger charge is 2.20. The van der Waals surface area contributed by atoms with E-state index in [2.05, 4.69) is 4.90 Å². The molecule has 6 nitrogen and oxygen atoms in total. The predicted octanol–water partition coefficient (Wildman–Crippen LogP) is 0.125. The Hall–Kier alpha value is -1.31. The number of piperidine rings is 1. The van der Waals surface area contributed by atoms with Crippen molar-refractivity contribution in [2.24, 2.45) is 11.1 Å². The molecule has 1 aromatic carbocycles. The fourth-order valence-corrected chi connectivity index (χ4v) is 3.01. The van der Waals surface area contributed by atoms with Gasteiger partial charge in [-0.1, -0.05) is 0 Å². The molecule has 0 saturated carbocycles. The van der Waals surface area contributed by atoms with Crippen LogP contribution in [0, 0.1) is 5.92 Å². The molecule has 1 heterocycles. The third-order valence-electron chi connectivity index (χ3n) is 3.54. The van der Waals surface area contributed by atoms with E-state index in [1.807, 2.05) is 0 Å². The maximum atomic E-state index is 11.3. The Bertz CT molecular complexity index is 551. The molecule has 0 amide bonds. The first-order valence-corrected chi connectivity index (χ1v) is 7.74. The van der Waals surface area contributed by atoms with Gasteiger partial charge in [0.2, 0.25) is 10.0 Å². The molecule has 1 saturated heterocycles. The summed E-state index contributed by atoms with van der Waals surface area (Å²) in [6.45, 7) is 1.89. The van der Waals surface area contributed by atoms with Gasteiger partial charge in [0, 0.05) is 25.4 Å². The van der Waals surface area contributed by atoms with Gasteiger partial charge in [0.25, 0.3) is 0 Å². The highest BCUT2D eigenvalue weighted by atomic mass is 32.2. The Morgan fingerprint density at radius 1 is 1.32 bits per heavy atom. The lowest BCUT2D eigenvalue weighted by Crippen LogP contribution is -2.34. The van der Waals surface area contributed by atoms with Gasteiger partial charge in [-0.3, -0.25) is 0 Å². The number of primary sulfonamides is 1. The molecule has 106 valence electrons. The number of hydrogen-bond donors (Lipinski definition) is 3. The molecule has 5 N–H and O–H groups in total. The zero-order chi connectivity index (χ0) is 14.0. The van der Waals surface area contributed by atoms with Crippen molar-refractivity contribution in [1.82, 2.24) is 0 Å². The highest BCUT2D eigenvalue weighted by molar-refractivity contribution is 7.89. The summed E-state index contributed by atoms with van der Waals surface area (Å²) in [5.74, 6) is 0.359. The van der Waals surface area contributed by atoms with Crippen molar-refractivity contribution in [3.05, 3.63) is 18.2 Å². The van der Waals surface area contributed by atoms with Crippen molar-refractivity contribution in [3.63, 3.8) is 0 Å². The summed E-state index contributed by atoms with van der Waals surface area (Å²) in [5, 5.41) is 14.2. The van der Waals surface area contributed by atoms with Crippen LogP contribution in [0.25, 0.3) is 0 Å². The summed E-state index contributed by atoms with van der Waals surface area (Å²) in [7, 11) is -3.77. The Morgan fingerprint density at radius 3 is 2.42 bits per heavy atom. The van der Waals surface area contributed by atoms with Gasteiger partial charge < -0.3 is 15.7 Å².